The molecule has 1 atom stereocenters. The second kappa shape index (κ2) is 6.19. The van der Waals surface area contributed by atoms with Crippen LogP contribution in [0.2, 0.25) is 0 Å². The average molecular weight is 368 g/mol. The number of nitrogens with zero attached hydrogens (tertiary/aromatic N) is 2. The van der Waals surface area contributed by atoms with Gasteiger partial charge in [-0.3, -0.25) is 0 Å². The Balaban J connectivity index is 2.00. The monoisotopic (exact) mass is 368 g/mol. The Morgan fingerprint density at radius 2 is 1.88 bits per heavy atom. The van der Waals surface area contributed by atoms with Crippen LogP contribution in [0.5, 0.6) is 0 Å². The van der Waals surface area contributed by atoms with E-state index in [-0.39, 0.29) is 0 Å². The summed E-state index contributed by atoms with van der Waals surface area (Å²) < 4.78 is 54.4. The second-order valence-electron chi connectivity index (χ2n) is 5.29. The first-order valence-corrected chi connectivity index (χ1v) is 9.35. The SMILES string of the molecule is C[C@@H](c1nc2ccccc2s1)N(C)S(=O)(=O)c1cc(F)ccc1F. The van der Waals surface area contributed by atoms with Crippen LogP contribution in [0.25, 0.3) is 10.2 Å². The Bertz CT molecular complexity index is 969. The van der Waals surface area contributed by atoms with Crippen molar-refractivity contribution in [3.63, 3.8) is 0 Å². The number of aromatic nitrogens is 1. The quantitative estimate of drug-likeness (QED) is 0.700. The van der Waals surface area contributed by atoms with Gasteiger partial charge in [0.1, 0.15) is 21.5 Å². The lowest BCUT2D eigenvalue weighted by Crippen LogP contribution is -2.30. The molecule has 0 amide bonds. The molecule has 0 saturated heterocycles. The van der Waals surface area contributed by atoms with Crippen LogP contribution in [0.4, 0.5) is 8.78 Å². The highest BCUT2D eigenvalue weighted by molar-refractivity contribution is 7.89. The van der Waals surface area contributed by atoms with Gasteiger partial charge in [0.05, 0.1) is 16.3 Å². The summed E-state index contributed by atoms with van der Waals surface area (Å²) in [6.07, 6.45) is 0. The topological polar surface area (TPSA) is 50.3 Å². The number of rotatable bonds is 4. The van der Waals surface area contributed by atoms with Crippen LogP contribution in [0.3, 0.4) is 0 Å². The van der Waals surface area contributed by atoms with E-state index in [2.05, 4.69) is 4.98 Å². The molecule has 0 aliphatic heterocycles. The molecule has 1 aromatic heterocycles. The van der Waals surface area contributed by atoms with Gasteiger partial charge in [-0.1, -0.05) is 12.1 Å². The number of fused-ring (bicyclic) bond motifs is 1. The summed E-state index contributed by atoms with van der Waals surface area (Å²) in [5, 5.41) is 0.582. The number of hydrogen-bond acceptors (Lipinski definition) is 4. The van der Waals surface area contributed by atoms with E-state index in [4.69, 9.17) is 0 Å². The highest BCUT2D eigenvalue weighted by atomic mass is 32.2. The van der Waals surface area contributed by atoms with Crippen molar-refractivity contribution in [2.45, 2.75) is 17.9 Å². The van der Waals surface area contributed by atoms with Gasteiger partial charge in [-0.05, 0) is 37.3 Å². The third-order valence-corrected chi connectivity index (χ3v) is 6.91. The number of thiazole rings is 1. The summed E-state index contributed by atoms with van der Waals surface area (Å²) in [5.41, 5.74) is 0.770. The van der Waals surface area contributed by atoms with E-state index in [0.29, 0.717) is 11.1 Å². The van der Waals surface area contributed by atoms with Crippen molar-refractivity contribution in [3.8, 4) is 0 Å². The Labute approximate surface area is 142 Å². The lowest BCUT2D eigenvalue weighted by Gasteiger charge is -2.22. The molecule has 1 heterocycles. The number of hydrogen-bond donors (Lipinski definition) is 0. The zero-order valence-corrected chi connectivity index (χ0v) is 14.5. The van der Waals surface area contributed by atoms with E-state index in [9.17, 15) is 17.2 Å². The van der Waals surface area contributed by atoms with E-state index in [1.54, 1.807) is 6.92 Å². The van der Waals surface area contributed by atoms with Crippen molar-refractivity contribution in [2.24, 2.45) is 0 Å². The minimum absolute atomic E-state index is 0.582. The van der Waals surface area contributed by atoms with Gasteiger partial charge in [0.2, 0.25) is 10.0 Å². The van der Waals surface area contributed by atoms with Crippen LogP contribution in [-0.4, -0.2) is 24.8 Å². The minimum atomic E-state index is -4.19. The Morgan fingerprint density at radius 3 is 2.58 bits per heavy atom. The van der Waals surface area contributed by atoms with E-state index in [1.165, 1.54) is 18.4 Å². The first-order chi connectivity index (χ1) is 11.3. The molecule has 3 aromatic rings. The minimum Gasteiger partial charge on any atom is -0.239 e. The summed E-state index contributed by atoms with van der Waals surface area (Å²) in [5.74, 6) is -1.80. The maximum Gasteiger partial charge on any atom is 0.246 e. The van der Waals surface area contributed by atoms with Crippen LogP contribution in [0.1, 0.15) is 18.0 Å². The summed E-state index contributed by atoms with van der Waals surface area (Å²) in [6.45, 7) is 1.66. The molecule has 0 saturated carbocycles. The van der Waals surface area contributed by atoms with E-state index in [1.807, 2.05) is 24.3 Å². The molecule has 126 valence electrons. The van der Waals surface area contributed by atoms with Crippen molar-refractivity contribution in [3.05, 3.63) is 59.1 Å². The van der Waals surface area contributed by atoms with Crippen molar-refractivity contribution in [2.75, 3.05) is 7.05 Å². The third-order valence-electron chi connectivity index (χ3n) is 3.76. The molecule has 24 heavy (non-hydrogen) atoms. The fourth-order valence-electron chi connectivity index (χ4n) is 2.26. The predicted molar refractivity (Wildman–Crippen MR) is 89.3 cm³/mol. The molecular weight excluding hydrogens is 354 g/mol. The summed E-state index contributed by atoms with van der Waals surface area (Å²) >= 11 is 1.37. The highest BCUT2D eigenvalue weighted by Gasteiger charge is 2.30. The largest absolute Gasteiger partial charge is 0.246 e. The van der Waals surface area contributed by atoms with E-state index >= 15 is 0 Å². The highest BCUT2D eigenvalue weighted by Crippen LogP contribution is 2.32. The Morgan fingerprint density at radius 1 is 1.17 bits per heavy atom. The Kier molecular flexibility index (Phi) is 4.37. The number of para-hydroxylation sites is 1. The van der Waals surface area contributed by atoms with Gasteiger partial charge in [0.25, 0.3) is 0 Å². The fourth-order valence-corrected chi connectivity index (χ4v) is 4.79. The normalized spacial score (nSPS) is 13.5. The third kappa shape index (κ3) is 2.92. The maximum atomic E-state index is 13.9. The summed E-state index contributed by atoms with van der Waals surface area (Å²) in [7, 11) is -2.86. The summed E-state index contributed by atoms with van der Waals surface area (Å²) in [6, 6.07) is 9.20. The van der Waals surface area contributed by atoms with Crippen molar-refractivity contribution in [1.29, 1.82) is 0 Å². The van der Waals surface area contributed by atoms with Crippen molar-refractivity contribution in [1.82, 2.24) is 9.29 Å². The molecule has 0 aliphatic carbocycles. The first-order valence-electron chi connectivity index (χ1n) is 7.09. The van der Waals surface area contributed by atoms with Gasteiger partial charge in [0.15, 0.2) is 0 Å². The van der Waals surface area contributed by atoms with E-state index in [0.717, 1.165) is 26.7 Å². The maximum absolute atomic E-state index is 13.9. The van der Waals surface area contributed by atoms with Gasteiger partial charge in [0, 0.05) is 7.05 Å². The number of halogens is 2. The molecule has 3 rings (SSSR count). The molecule has 0 aliphatic rings. The zero-order chi connectivity index (χ0) is 17.5. The number of sulfonamides is 1. The molecule has 0 bridgehead atoms. The van der Waals surface area contributed by atoms with Crippen molar-refractivity contribution >= 4 is 31.6 Å². The fraction of sp³-hybridized carbons (Fsp3) is 0.188. The van der Waals surface area contributed by atoms with Crippen LogP contribution in [-0.2, 0) is 10.0 Å². The van der Waals surface area contributed by atoms with Gasteiger partial charge >= 0.3 is 0 Å². The second-order valence-corrected chi connectivity index (χ2v) is 8.32. The number of benzene rings is 2. The zero-order valence-electron chi connectivity index (χ0n) is 12.9. The molecule has 2 aromatic carbocycles. The molecule has 0 radical (unpaired) electrons. The molecular formula is C16H14F2N2O2S2. The molecule has 0 unspecified atom stereocenters. The average Bonchev–Trinajstić information content (AvgIpc) is 2.99. The van der Waals surface area contributed by atoms with Gasteiger partial charge < -0.3 is 0 Å². The lowest BCUT2D eigenvalue weighted by molar-refractivity contribution is 0.394. The van der Waals surface area contributed by atoms with E-state index < -0.39 is 32.6 Å². The van der Waals surface area contributed by atoms with Gasteiger partial charge in [-0.15, -0.1) is 11.3 Å². The van der Waals surface area contributed by atoms with Crippen LogP contribution in [0, 0.1) is 11.6 Å². The molecule has 0 fully saturated rings. The van der Waals surface area contributed by atoms with Gasteiger partial charge in [-0.25, -0.2) is 22.2 Å². The lowest BCUT2D eigenvalue weighted by atomic mass is 10.3. The summed E-state index contributed by atoms with van der Waals surface area (Å²) in [4.78, 5) is 3.74. The Hall–Kier alpha value is -1.90. The molecule has 8 heteroatoms. The molecule has 0 spiro atoms. The predicted octanol–water partition coefficient (Wildman–Crippen LogP) is 3.96. The van der Waals surface area contributed by atoms with Crippen LogP contribution < -0.4 is 0 Å². The first kappa shape index (κ1) is 16.9. The van der Waals surface area contributed by atoms with Crippen molar-refractivity contribution < 1.29 is 17.2 Å². The van der Waals surface area contributed by atoms with Crippen LogP contribution in [0.15, 0.2) is 47.4 Å². The standard InChI is InChI=1S/C16H14F2N2O2S2/c1-10(16-19-13-5-3-4-6-14(13)23-16)20(2)24(21,22)15-9-11(17)7-8-12(15)18/h3-10H,1-2H3/t10-/m0/s1. The molecule has 0 N–H and O–H groups in total. The van der Waals surface area contributed by atoms with Crippen LogP contribution >= 0.6 is 11.3 Å². The van der Waals surface area contributed by atoms with Gasteiger partial charge in [-0.2, -0.15) is 4.31 Å². The molecule has 4 nitrogen and oxygen atoms in total. The smallest absolute Gasteiger partial charge is 0.239 e.